The first-order valence-corrected chi connectivity index (χ1v) is 11.3. The van der Waals surface area contributed by atoms with E-state index in [1.807, 2.05) is 13.0 Å². The first-order valence-electron chi connectivity index (χ1n) is 10.1. The quantitative estimate of drug-likeness (QED) is 0.537. The van der Waals surface area contributed by atoms with Crippen LogP contribution in [0.2, 0.25) is 5.15 Å². The molecule has 0 atom stereocenters. The highest BCUT2D eigenvalue weighted by molar-refractivity contribution is 7.15. The van der Waals surface area contributed by atoms with Crippen LogP contribution in [0.5, 0.6) is 5.75 Å². The summed E-state index contributed by atoms with van der Waals surface area (Å²) in [6, 6.07) is 3.50. The van der Waals surface area contributed by atoms with Crippen LogP contribution >= 0.6 is 22.9 Å². The molecule has 1 amide bonds. The highest BCUT2D eigenvalue weighted by Crippen LogP contribution is 2.34. The number of likely N-dealkylation sites (tertiary alicyclic amines) is 1. The van der Waals surface area contributed by atoms with Gasteiger partial charge in [0.2, 0.25) is 5.13 Å². The highest BCUT2D eigenvalue weighted by Gasteiger charge is 2.20. The van der Waals surface area contributed by atoms with Crippen molar-refractivity contribution in [3.05, 3.63) is 45.9 Å². The van der Waals surface area contributed by atoms with E-state index < -0.39 is 0 Å². The molecule has 3 aromatic rings. The van der Waals surface area contributed by atoms with Gasteiger partial charge in [0.05, 0.1) is 18.9 Å². The molecule has 0 aliphatic carbocycles. The van der Waals surface area contributed by atoms with Gasteiger partial charge in [0.25, 0.3) is 5.91 Å². The van der Waals surface area contributed by atoms with Gasteiger partial charge >= 0.3 is 0 Å². The van der Waals surface area contributed by atoms with Crippen molar-refractivity contribution >= 4 is 34.0 Å². The fourth-order valence-electron chi connectivity index (χ4n) is 3.58. The lowest BCUT2D eigenvalue weighted by Crippen LogP contribution is -2.21. The van der Waals surface area contributed by atoms with Crippen LogP contribution < -0.4 is 10.1 Å². The number of methoxy groups -OCH3 is 1. The zero-order chi connectivity index (χ0) is 21.8. The van der Waals surface area contributed by atoms with Crippen molar-refractivity contribution in [2.75, 3.05) is 32.1 Å². The number of carbonyl (C=O) groups excluding carboxylic acids is 1. The summed E-state index contributed by atoms with van der Waals surface area (Å²) in [7, 11) is 1.55. The molecule has 4 heterocycles. The molecule has 1 aliphatic heterocycles. The monoisotopic (exact) mass is 458 g/mol. The maximum atomic E-state index is 13.1. The molecule has 0 spiro atoms. The van der Waals surface area contributed by atoms with Crippen molar-refractivity contribution in [1.29, 1.82) is 0 Å². The molecule has 10 heteroatoms. The third-order valence-corrected chi connectivity index (χ3v) is 6.26. The van der Waals surface area contributed by atoms with Gasteiger partial charge in [-0.2, -0.15) is 0 Å². The number of hydrogen-bond acceptors (Lipinski definition) is 8. The number of amides is 1. The SMILES string of the molecule is COc1cnc(Cl)cc1-c1cc(C)ncc1C(=O)Nc1nnc(CCN2CCCC2)s1. The van der Waals surface area contributed by atoms with E-state index in [0.717, 1.165) is 36.8 Å². The average molecular weight is 459 g/mol. The Morgan fingerprint density at radius 1 is 1.19 bits per heavy atom. The number of nitrogens with one attached hydrogen (secondary N) is 1. The molecule has 1 aliphatic rings. The Labute approximate surface area is 189 Å². The van der Waals surface area contributed by atoms with Crippen LogP contribution in [0.4, 0.5) is 5.13 Å². The van der Waals surface area contributed by atoms with E-state index in [0.29, 0.717) is 32.7 Å². The minimum Gasteiger partial charge on any atom is -0.494 e. The summed E-state index contributed by atoms with van der Waals surface area (Å²) in [5, 5.41) is 12.9. The molecule has 0 unspecified atom stereocenters. The number of hydrogen-bond donors (Lipinski definition) is 1. The van der Waals surface area contributed by atoms with Crippen LogP contribution in [0.25, 0.3) is 11.1 Å². The second kappa shape index (κ2) is 9.67. The van der Waals surface area contributed by atoms with E-state index in [9.17, 15) is 4.79 Å². The summed E-state index contributed by atoms with van der Waals surface area (Å²) in [6.07, 6.45) is 6.43. The lowest BCUT2D eigenvalue weighted by atomic mass is 10.0. The number of anilines is 1. The molecule has 162 valence electrons. The Balaban J connectivity index is 1.54. The topological polar surface area (TPSA) is 93.1 Å². The maximum absolute atomic E-state index is 13.1. The van der Waals surface area contributed by atoms with E-state index in [1.54, 1.807) is 19.4 Å². The normalized spacial score (nSPS) is 14.0. The maximum Gasteiger partial charge on any atom is 0.259 e. The zero-order valence-corrected chi connectivity index (χ0v) is 19.0. The van der Waals surface area contributed by atoms with Gasteiger partial charge in [-0.15, -0.1) is 10.2 Å². The van der Waals surface area contributed by atoms with E-state index in [-0.39, 0.29) is 5.91 Å². The van der Waals surface area contributed by atoms with Crippen LogP contribution in [0.3, 0.4) is 0 Å². The fraction of sp³-hybridized carbons (Fsp3) is 0.381. The predicted octanol–water partition coefficient (Wildman–Crippen LogP) is 3.86. The number of pyridine rings is 2. The summed E-state index contributed by atoms with van der Waals surface area (Å²) in [6.45, 7) is 5.12. The van der Waals surface area contributed by atoms with Crippen LogP contribution in [-0.2, 0) is 6.42 Å². The number of rotatable bonds is 7. The van der Waals surface area contributed by atoms with E-state index in [2.05, 4.69) is 30.4 Å². The third kappa shape index (κ3) is 5.17. The Morgan fingerprint density at radius 3 is 2.77 bits per heavy atom. The smallest absolute Gasteiger partial charge is 0.259 e. The molecule has 0 aromatic carbocycles. The molecule has 0 radical (unpaired) electrons. The van der Waals surface area contributed by atoms with Crippen molar-refractivity contribution < 1.29 is 9.53 Å². The summed E-state index contributed by atoms with van der Waals surface area (Å²) < 4.78 is 5.42. The molecule has 4 rings (SSSR count). The van der Waals surface area contributed by atoms with Gasteiger partial charge in [0, 0.05) is 36.0 Å². The number of aryl methyl sites for hydroxylation is 1. The molecule has 31 heavy (non-hydrogen) atoms. The molecule has 3 aromatic heterocycles. The summed E-state index contributed by atoms with van der Waals surface area (Å²) >= 11 is 7.50. The van der Waals surface area contributed by atoms with Crippen molar-refractivity contribution in [2.45, 2.75) is 26.2 Å². The minimum absolute atomic E-state index is 0.309. The van der Waals surface area contributed by atoms with Gasteiger partial charge in [-0.05, 0) is 45.0 Å². The number of aromatic nitrogens is 4. The first-order chi connectivity index (χ1) is 15.0. The second-order valence-electron chi connectivity index (χ2n) is 7.33. The van der Waals surface area contributed by atoms with Crippen LogP contribution in [0, 0.1) is 6.92 Å². The van der Waals surface area contributed by atoms with E-state index in [1.165, 1.54) is 30.4 Å². The summed E-state index contributed by atoms with van der Waals surface area (Å²) in [5.41, 5.74) is 2.48. The molecular formula is C21H23ClN6O2S. The number of ether oxygens (including phenoxy) is 1. The van der Waals surface area contributed by atoms with Gasteiger partial charge in [-0.3, -0.25) is 15.1 Å². The van der Waals surface area contributed by atoms with Crippen LogP contribution in [0.1, 0.15) is 33.9 Å². The zero-order valence-electron chi connectivity index (χ0n) is 17.4. The fourth-order valence-corrected chi connectivity index (χ4v) is 4.47. The Hall–Kier alpha value is -2.62. The van der Waals surface area contributed by atoms with E-state index in [4.69, 9.17) is 16.3 Å². The molecular weight excluding hydrogens is 436 g/mol. The Kier molecular flexibility index (Phi) is 6.74. The Morgan fingerprint density at radius 2 is 2.00 bits per heavy atom. The highest BCUT2D eigenvalue weighted by atomic mass is 35.5. The van der Waals surface area contributed by atoms with Gasteiger partial charge < -0.3 is 9.64 Å². The van der Waals surface area contributed by atoms with Crippen LogP contribution in [0.15, 0.2) is 24.5 Å². The van der Waals surface area contributed by atoms with Crippen molar-refractivity contribution in [3.8, 4) is 16.9 Å². The molecule has 1 fully saturated rings. The van der Waals surface area contributed by atoms with Crippen molar-refractivity contribution in [2.24, 2.45) is 0 Å². The lowest BCUT2D eigenvalue weighted by molar-refractivity contribution is 0.102. The Bertz CT molecular complexity index is 1080. The molecule has 0 bridgehead atoms. The van der Waals surface area contributed by atoms with Gasteiger partial charge in [0.1, 0.15) is 15.9 Å². The predicted molar refractivity (Wildman–Crippen MR) is 121 cm³/mol. The molecule has 8 nitrogen and oxygen atoms in total. The number of carbonyl (C=O) groups is 1. The van der Waals surface area contributed by atoms with Crippen LogP contribution in [-0.4, -0.2) is 57.7 Å². The summed E-state index contributed by atoms with van der Waals surface area (Å²) in [4.78, 5) is 23.8. The largest absolute Gasteiger partial charge is 0.494 e. The average Bonchev–Trinajstić information content (AvgIpc) is 3.44. The molecule has 0 saturated carbocycles. The molecule has 1 N–H and O–H groups in total. The number of nitrogens with zero attached hydrogens (tertiary/aromatic N) is 5. The summed E-state index contributed by atoms with van der Waals surface area (Å²) in [5.74, 6) is 0.198. The van der Waals surface area contributed by atoms with Crippen molar-refractivity contribution in [1.82, 2.24) is 25.1 Å². The van der Waals surface area contributed by atoms with E-state index >= 15 is 0 Å². The number of halogens is 1. The van der Waals surface area contributed by atoms with Gasteiger partial charge in [-0.25, -0.2) is 4.98 Å². The van der Waals surface area contributed by atoms with Crippen molar-refractivity contribution in [3.63, 3.8) is 0 Å². The third-order valence-electron chi connectivity index (χ3n) is 5.16. The van der Waals surface area contributed by atoms with Gasteiger partial charge in [-0.1, -0.05) is 22.9 Å². The lowest BCUT2D eigenvalue weighted by Gasteiger charge is -2.13. The first kappa shape index (κ1) is 21.6. The minimum atomic E-state index is -0.320. The standard InChI is InChI=1S/C21H23ClN6O2S/c1-13-9-14(15-10-18(22)24-12-17(15)30-2)16(11-23-13)20(29)25-21-27-26-19(31-21)5-8-28-6-3-4-7-28/h9-12H,3-8H2,1-2H3,(H,25,27,29). The second-order valence-corrected chi connectivity index (χ2v) is 8.78. The van der Waals surface area contributed by atoms with Gasteiger partial charge in [0.15, 0.2) is 0 Å². The molecule has 1 saturated heterocycles.